The molecule has 46 heavy (non-hydrogen) atoms. The van der Waals surface area contributed by atoms with Crippen molar-refractivity contribution >= 4 is 11.9 Å². The Bertz CT molecular complexity index is 1550. The van der Waals surface area contributed by atoms with Gasteiger partial charge >= 0.3 is 6.03 Å². The van der Waals surface area contributed by atoms with Gasteiger partial charge in [-0.15, -0.1) is 0 Å². The number of ether oxygens (including phenoxy) is 4. The lowest BCUT2D eigenvalue weighted by atomic mass is 9.76. The molecule has 242 valence electrons. The van der Waals surface area contributed by atoms with Crippen LogP contribution in [0.3, 0.4) is 0 Å². The molecule has 3 amide bonds. The van der Waals surface area contributed by atoms with Crippen LogP contribution < -0.4 is 5.32 Å². The lowest BCUT2D eigenvalue weighted by Crippen LogP contribution is -2.67. The van der Waals surface area contributed by atoms with Gasteiger partial charge in [0.2, 0.25) is 11.6 Å². The minimum Gasteiger partial charge on any atom is -0.387 e. The van der Waals surface area contributed by atoms with Gasteiger partial charge in [-0.2, -0.15) is 5.26 Å². The number of methoxy groups -OCH3 is 3. The summed E-state index contributed by atoms with van der Waals surface area (Å²) in [5.74, 6) is -0.593. The van der Waals surface area contributed by atoms with E-state index < -0.39 is 65.6 Å². The van der Waals surface area contributed by atoms with Gasteiger partial charge in [0.1, 0.15) is 36.1 Å². The van der Waals surface area contributed by atoms with Crippen LogP contribution in [0.15, 0.2) is 91.0 Å². The van der Waals surface area contributed by atoms with Gasteiger partial charge in [0, 0.05) is 34.3 Å². The summed E-state index contributed by atoms with van der Waals surface area (Å²) < 4.78 is 23.8. The molecule has 2 saturated heterocycles. The fraction of sp³-hybridized carbons (Fsp3) is 0.400. The molecular formula is C35H39N3O8. The van der Waals surface area contributed by atoms with Crippen molar-refractivity contribution in [2.75, 3.05) is 27.9 Å². The summed E-state index contributed by atoms with van der Waals surface area (Å²) >= 11 is 0. The summed E-state index contributed by atoms with van der Waals surface area (Å²) in [5.41, 5.74) is -3.76. The minimum absolute atomic E-state index is 0.299. The van der Waals surface area contributed by atoms with Crippen LogP contribution in [0.25, 0.3) is 0 Å². The van der Waals surface area contributed by atoms with Crippen molar-refractivity contribution in [1.82, 2.24) is 10.2 Å². The summed E-state index contributed by atoms with van der Waals surface area (Å²) in [6.45, 7) is 1.34. The summed E-state index contributed by atoms with van der Waals surface area (Å²) in [7, 11) is 4.29. The van der Waals surface area contributed by atoms with Crippen LogP contribution in [-0.2, 0) is 23.7 Å². The smallest absolute Gasteiger partial charge is 0.327 e. The molecule has 0 aliphatic carbocycles. The van der Waals surface area contributed by atoms with Crippen molar-refractivity contribution in [1.29, 1.82) is 5.26 Å². The predicted molar refractivity (Wildman–Crippen MR) is 166 cm³/mol. The standard InChI is InChI=1S/C35H39N3O8/c1-33(28(44-3)24-16-10-6-11-17-24)22-38(32(41)37-31(33)40)34(21-36)20-35(42,29(45-4)25-18-12-7-13-19-25)30(46-34)26(39)27(43-2)23-14-8-5-9-15-23/h5-19,26-30,39,42H,20,22H2,1-4H3,(H,37,40,41)/t26?,27?,28?,29?,30-,33?,34+,35-/m1/s1. The fourth-order valence-corrected chi connectivity index (χ4v) is 6.93. The summed E-state index contributed by atoms with van der Waals surface area (Å²) in [6, 6.07) is 28.1. The molecule has 11 nitrogen and oxygen atoms in total. The highest BCUT2D eigenvalue weighted by molar-refractivity contribution is 6.00. The zero-order chi connectivity index (χ0) is 33.1. The van der Waals surface area contributed by atoms with E-state index in [1.807, 2.05) is 42.5 Å². The van der Waals surface area contributed by atoms with Gasteiger partial charge in [-0.05, 0) is 23.6 Å². The van der Waals surface area contributed by atoms with Crippen LogP contribution in [0, 0.1) is 16.7 Å². The van der Waals surface area contributed by atoms with Gasteiger partial charge in [0.05, 0.1) is 11.5 Å². The number of nitriles is 1. The van der Waals surface area contributed by atoms with E-state index in [1.165, 1.54) is 21.3 Å². The molecule has 2 aliphatic rings. The van der Waals surface area contributed by atoms with Gasteiger partial charge in [0.25, 0.3) is 0 Å². The summed E-state index contributed by atoms with van der Waals surface area (Å²) in [5, 5.41) is 37.8. The first kappa shape index (κ1) is 33.2. The molecule has 3 N–H and O–H groups in total. The number of nitrogens with zero attached hydrogens (tertiary/aromatic N) is 2. The third-order valence-electron chi connectivity index (χ3n) is 9.13. The Morgan fingerprint density at radius 2 is 1.37 bits per heavy atom. The Balaban J connectivity index is 1.61. The number of amides is 3. The third-order valence-corrected chi connectivity index (χ3v) is 9.13. The molecule has 3 aromatic rings. The fourth-order valence-electron chi connectivity index (χ4n) is 6.93. The predicted octanol–water partition coefficient (Wildman–Crippen LogP) is 3.81. The molecule has 5 unspecified atom stereocenters. The van der Waals surface area contributed by atoms with E-state index in [0.717, 1.165) is 4.90 Å². The molecule has 0 radical (unpaired) electrons. The zero-order valence-electron chi connectivity index (χ0n) is 26.2. The second-order valence-corrected chi connectivity index (χ2v) is 12.0. The first-order chi connectivity index (χ1) is 22.1. The number of nitrogens with one attached hydrogen (secondary N) is 1. The van der Waals surface area contributed by atoms with Crippen LogP contribution in [-0.4, -0.2) is 78.5 Å². The zero-order valence-corrected chi connectivity index (χ0v) is 26.2. The van der Waals surface area contributed by atoms with Crippen molar-refractivity contribution in [3.05, 3.63) is 108 Å². The highest BCUT2D eigenvalue weighted by Crippen LogP contribution is 2.52. The normalized spacial score (nSPS) is 29.0. The molecule has 8 atom stereocenters. The molecule has 2 aliphatic heterocycles. The second kappa shape index (κ2) is 13.3. The van der Waals surface area contributed by atoms with Crippen LogP contribution in [0.4, 0.5) is 4.79 Å². The molecule has 3 aromatic carbocycles. The lowest BCUT2D eigenvalue weighted by Gasteiger charge is -2.47. The topological polar surface area (TPSA) is 151 Å². The maximum atomic E-state index is 13.6. The molecule has 0 bridgehead atoms. The van der Waals surface area contributed by atoms with E-state index in [-0.39, 0.29) is 6.54 Å². The van der Waals surface area contributed by atoms with Crippen molar-refractivity contribution in [2.45, 2.75) is 55.2 Å². The molecule has 2 fully saturated rings. The van der Waals surface area contributed by atoms with Crippen LogP contribution in [0.5, 0.6) is 0 Å². The van der Waals surface area contributed by atoms with Gasteiger partial charge in [-0.3, -0.25) is 15.0 Å². The van der Waals surface area contributed by atoms with E-state index in [9.17, 15) is 25.1 Å². The highest BCUT2D eigenvalue weighted by Gasteiger charge is 2.67. The van der Waals surface area contributed by atoms with E-state index in [1.54, 1.807) is 55.5 Å². The number of carbonyl (C=O) groups excluding carboxylic acids is 2. The van der Waals surface area contributed by atoms with Crippen LogP contribution >= 0.6 is 0 Å². The number of urea groups is 1. The monoisotopic (exact) mass is 629 g/mol. The number of hydrogen-bond donors (Lipinski definition) is 3. The van der Waals surface area contributed by atoms with Crippen LogP contribution in [0.1, 0.15) is 48.3 Å². The maximum Gasteiger partial charge on any atom is 0.327 e. The highest BCUT2D eigenvalue weighted by atomic mass is 16.6. The third kappa shape index (κ3) is 5.69. The number of hydrogen-bond acceptors (Lipinski definition) is 9. The Labute approximate surface area is 268 Å². The van der Waals surface area contributed by atoms with Crippen molar-refractivity contribution < 1.29 is 38.7 Å². The van der Waals surface area contributed by atoms with Crippen molar-refractivity contribution in [3.63, 3.8) is 0 Å². The summed E-state index contributed by atoms with van der Waals surface area (Å²) in [4.78, 5) is 28.2. The molecule has 2 heterocycles. The first-order valence-corrected chi connectivity index (χ1v) is 14.9. The quantitative estimate of drug-likeness (QED) is 0.288. The molecule has 11 heteroatoms. The van der Waals surface area contributed by atoms with E-state index in [4.69, 9.17) is 18.9 Å². The lowest BCUT2D eigenvalue weighted by molar-refractivity contribution is -0.200. The number of aliphatic hydroxyl groups excluding tert-OH is 1. The second-order valence-electron chi connectivity index (χ2n) is 12.0. The van der Waals surface area contributed by atoms with Gasteiger partial charge in [-0.1, -0.05) is 91.0 Å². The molecule has 0 spiro atoms. The average molecular weight is 630 g/mol. The first-order valence-electron chi connectivity index (χ1n) is 14.9. The van der Waals surface area contributed by atoms with Crippen molar-refractivity contribution in [2.24, 2.45) is 5.41 Å². The Morgan fingerprint density at radius 1 is 0.870 bits per heavy atom. The number of rotatable bonds is 11. The SMILES string of the molecule is COC(c1ccccc1)C(O)[C@H]1O[C@@](C#N)(N2CC(C)(C(OC)c3ccccc3)C(=O)NC2=O)C[C@@]1(O)C(OC)c1ccccc1. The molecule has 5 rings (SSSR count). The van der Waals surface area contributed by atoms with Gasteiger partial charge in [0.15, 0.2) is 0 Å². The van der Waals surface area contributed by atoms with E-state index in [2.05, 4.69) is 11.4 Å². The average Bonchev–Trinajstić information content (AvgIpc) is 3.39. The van der Waals surface area contributed by atoms with E-state index in [0.29, 0.717) is 16.7 Å². The van der Waals surface area contributed by atoms with Crippen LogP contribution in [0.2, 0.25) is 0 Å². The Kier molecular flexibility index (Phi) is 9.60. The molecular weight excluding hydrogens is 590 g/mol. The van der Waals surface area contributed by atoms with Crippen molar-refractivity contribution in [3.8, 4) is 6.07 Å². The largest absolute Gasteiger partial charge is 0.387 e. The maximum absolute atomic E-state index is 13.6. The van der Waals surface area contributed by atoms with Gasteiger partial charge < -0.3 is 29.2 Å². The minimum atomic E-state index is -2.15. The van der Waals surface area contributed by atoms with E-state index >= 15 is 0 Å². The molecule has 0 aromatic heterocycles. The Hall–Kier alpha value is -4.15. The van der Waals surface area contributed by atoms with Gasteiger partial charge in [-0.25, -0.2) is 4.79 Å². The number of aliphatic hydroxyl groups is 2. The Morgan fingerprint density at radius 3 is 1.85 bits per heavy atom. The molecule has 0 saturated carbocycles. The number of carbonyl (C=O) groups is 2. The number of benzene rings is 3. The summed E-state index contributed by atoms with van der Waals surface area (Å²) in [6.07, 6.45) is -6.43. The number of imide groups is 1.